The van der Waals surface area contributed by atoms with E-state index in [1.165, 1.54) is 0 Å². The first-order valence-electron chi connectivity index (χ1n) is 15.2. The van der Waals surface area contributed by atoms with Crippen molar-refractivity contribution in [3.8, 4) is 0 Å². The predicted octanol–water partition coefficient (Wildman–Crippen LogP) is 3.30. The van der Waals surface area contributed by atoms with Crippen molar-refractivity contribution in [2.24, 2.45) is 0 Å². The van der Waals surface area contributed by atoms with E-state index in [2.05, 4.69) is 47.8 Å². The van der Waals surface area contributed by atoms with E-state index >= 15 is 0 Å². The second kappa shape index (κ2) is 46.2. The number of nitrogens with zero attached hydrogens (tertiary/aromatic N) is 3. The molecule has 0 aliphatic carbocycles. The van der Waals surface area contributed by atoms with E-state index in [1.807, 2.05) is 12.1 Å². The molecule has 0 unspecified atom stereocenters. The van der Waals surface area contributed by atoms with Crippen molar-refractivity contribution in [1.82, 2.24) is 41.7 Å². The number of nitro groups is 1. The molecule has 49 heavy (non-hydrogen) atoms. The van der Waals surface area contributed by atoms with E-state index in [0.717, 1.165) is 148 Å². The summed E-state index contributed by atoms with van der Waals surface area (Å²) in [6.07, 6.45) is 4.32. The largest absolute Gasteiger partial charge is 0.412 e. The van der Waals surface area contributed by atoms with Crippen LogP contribution in [0.3, 0.4) is 0 Å². The van der Waals surface area contributed by atoms with Gasteiger partial charge in [0.2, 0.25) is 0 Å². The highest BCUT2D eigenvalue weighted by atomic mass is 79.9. The van der Waals surface area contributed by atoms with Crippen LogP contribution in [0.4, 0.5) is 5.69 Å². The van der Waals surface area contributed by atoms with Gasteiger partial charge < -0.3 is 42.9 Å². The van der Waals surface area contributed by atoms with Crippen LogP contribution in [0.15, 0.2) is 18.2 Å². The average Bonchev–Trinajstić information content (AvgIpc) is 2.93. The van der Waals surface area contributed by atoms with Gasteiger partial charge in [0.25, 0.3) is 5.69 Å². The minimum absolute atomic E-state index is 0. The molecule has 0 atom stereocenters. The maximum Gasteiger partial charge on any atom is 0.274 e. The molecular weight excluding hydrogens is 1170 g/mol. The molecule has 0 bridgehead atoms. The average molecular weight is 1230 g/mol. The van der Waals surface area contributed by atoms with Crippen molar-refractivity contribution in [2.75, 3.05) is 105 Å². The van der Waals surface area contributed by atoms with Gasteiger partial charge in [-0.15, -0.1) is 136 Å². The molecule has 1 aromatic rings. The first-order valence-corrected chi connectivity index (χ1v) is 15.2. The number of benzene rings is 1. The lowest BCUT2D eigenvalue weighted by Gasteiger charge is -2.24. The van der Waals surface area contributed by atoms with Crippen LogP contribution in [-0.4, -0.2) is 130 Å². The molecule has 2 heterocycles. The number of rotatable bonds is 5. The molecule has 0 aromatic heterocycles. The van der Waals surface area contributed by atoms with E-state index < -0.39 is 0 Å². The van der Waals surface area contributed by atoms with Crippen molar-refractivity contribution in [2.45, 2.75) is 38.8 Å². The Hall–Kier alpha value is 2.06. The summed E-state index contributed by atoms with van der Waals surface area (Å²) in [6, 6.07) is 5.91. The lowest BCUT2D eigenvalue weighted by molar-refractivity contribution is -0.385. The maximum absolute atomic E-state index is 12.1. The second-order valence-electron chi connectivity index (χ2n) is 10.7. The molecule has 0 saturated carbocycles. The summed E-state index contributed by atoms with van der Waals surface area (Å²) in [7, 11) is 0. The first kappa shape index (κ1) is 69.0. The molecule has 1 aromatic carbocycles. The van der Waals surface area contributed by atoms with Gasteiger partial charge >= 0.3 is 0 Å². The molecule has 2 fully saturated rings. The first-order chi connectivity index (χ1) is 19.2. The zero-order chi connectivity index (χ0) is 27.4. The standard InChI is InChI=1S/C28H53N9O2.8BrH.2H2O/c38-37(39)28-23-26(24-35-19-3-11-31-15-13-29-7-1-9-33-17-21-35)5-6-27(28)25-36-20-4-12-32-16-14-30-8-2-10-34-18-22-36;;;;;;;;;;/h5-6,23,29-34H,1-4,7-22,24-25H2;8*1H;2*1H2. The Labute approximate surface area is 378 Å². The molecule has 3 rings (SSSR count). The highest BCUT2D eigenvalue weighted by Crippen LogP contribution is 2.23. The Balaban J connectivity index is -0.000000280. The number of halogens is 8. The summed E-state index contributed by atoms with van der Waals surface area (Å²) in [6.45, 7) is 16.9. The predicted molar refractivity (Wildman–Crippen MR) is 249 cm³/mol. The Morgan fingerprint density at radius 3 is 1.29 bits per heavy atom. The van der Waals surface area contributed by atoms with Gasteiger partial charge in [-0.2, -0.15) is 0 Å². The monoisotopic (exact) mass is 1220 g/mol. The molecule has 2 aliphatic rings. The summed E-state index contributed by atoms with van der Waals surface area (Å²) in [5, 5.41) is 33.1. The highest BCUT2D eigenvalue weighted by Gasteiger charge is 2.19. The van der Waals surface area contributed by atoms with E-state index in [4.69, 9.17) is 0 Å². The Morgan fingerprint density at radius 1 is 0.510 bits per heavy atom. The van der Waals surface area contributed by atoms with Crippen LogP contribution in [0, 0.1) is 10.1 Å². The van der Waals surface area contributed by atoms with Crippen LogP contribution < -0.4 is 31.9 Å². The fourth-order valence-corrected chi connectivity index (χ4v) is 5.16. The Bertz CT molecular complexity index is 809. The summed E-state index contributed by atoms with van der Waals surface area (Å²) in [5.74, 6) is 0. The zero-order valence-corrected chi connectivity index (χ0v) is 41.9. The topological polar surface area (TPSA) is 185 Å². The SMILES string of the molecule is Br.Br.Br.Br.Br.Br.Br.Br.O.O.O=[N+]([O-])c1cc(CN2CCCNCCNCCCNCC2)ccc1CN1CCCNCCNCCCNCC1. The fourth-order valence-electron chi connectivity index (χ4n) is 5.16. The van der Waals surface area contributed by atoms with Gasteiger partial charge in [0, 0.05) is 77.1 Å². The molecule has 0 radical (unpaired) electrons. The second-order valence-corrected chi connectivity index (χ2v) is 10.7. The van der Waals surface area contributed by atoms with E-state index in [-0.39, 0.29) is 157 Å². The van der Waals surface area contributed by atoms with Crippen molar-refractivity contribution in [3.63, 3.8) is 0 Å². The number of nitrogens with one attached hydrogen (secondary N) is 6. The summed E-state index contributed by atoms with van der Waals surface area (Å²) in [4.78, 5) is 16.7. The van der Waals surface area contributed by atoms with Gasteiger partial charge in [-0.25, -0.2) is 0 Å². The molecule has 2 aliphatic heterocycles. The van der Waals surface area contributed by atoms with Gasteiger partial charge in [0.05, 0.1) is 4.92 Å². The summed E-state index contributed by atoms with van der Waals surface area (Å²) in [5.41, 5.74) is 2.07. The van der Waals surface area contributed by atoms with Crippen molar-refractivity contribution in [1.29, 1.82) is 0 Å². The third-order valence-corrected chi connectivity index (χ3v) is 7.38. The molecule has 0 amide bonds. The van der Waals surface area contributed by atoms with Crippen molar-refractivity contribution in [3.05, 3.63) is 39.4 Å². The molecule has 302 valence electrons. The minimum Gasteiger partial charge on any atom is -0.412 e. The quantitative estimate of drug-likeness (QED) is 0.189. The molecule has 2 saturated heterocycles. The molecule has 0 spiro atoms. The summed E-state index contributed by atoms with van der Waals surface area (Å²) >= 11 is 0. The molecule has 13 nitrogen and oxygen atoms in total. The van der Waals surface area contributed by atoms with Crippen molar-refractivity contribution >= 4 is 142 Å². The molecule has 21 heteroatoms. The molecular formula is C28H65Br8N9O4. The van der Waals surface area contributed by atoms with Crippen LogP contribution in [0.25, 0.3) is 0 Å². The van der Waals surface area contributed by atoms with Gasteiger partial charge in [0.15, 0.2) is 0 Å². The third-order valence-electron chi connectivity index (χ3n) is 7.38. The Morgan fingerprint density at radius 2 is 0.878 bits per heavy atom. The number of hydrogen-bond acceptors (Lipinski definition) is 10. The maximum atomic E-state index is 12.1. The number of hydrogen-bond donors (Lipinski definition) is 6. The van der Waals surface area contributed by atoms with Crippen LogP contribution in [0.2, 0.25) is 0 Å². The lowest BCUT2D eigenvalue weighted by atomic mass is 10.1. The van der Waals surface area contributed by atoms with Crippen LogP contribution >= 0.6 is 136 Å². The van der Waals surface area contributed by atoms with Crippen LogP contribution in [0.1, 0.15) is 36.8 Å². The Kier molecular flexibility index (Phi) is 65.1. The van der Waals surface area contributed by atoms with Gasteiger partial charge in [-0.1, -0.05) is 12.1 Å². The highest BCUT2D eigenvalue weighted by molar-refractivity contribution is 8.93. The normalized spacial score (nSPS) is 17.5. The minimum atomic E-state index is -0.196. The van der Waals surface area contributed by atoms with E-state index in [1.54, 1.807) is 0 Å². The zero-order valence-electron chi connectivity index (χ0n) is 28.2. The number of nitro benzene ring substituents is 1. The van der Waals surface area contributed by atoms with Gasteiger partial charge in [-0.05, 0) is 83.6 Å². The lowest BCUT2D eigenvalue weighted by Crippen LogP contribution is -2.37. The summed E-state index contributed by atoms with van der Waals surface area (Å²) < 4.78 is 0. The fraction of sp³-hybridized carbons (Fsp3) is 0.786. The van der Waals surface area contributed by atoms with Gasteiger partial charge in [-0.3, -0.25) is 19.9 Å². The third kappa shape index (κ3) is 33.1. The van der Waals surface area contributed by atoms with Gasteiger partial charge in [0.1, 0.15) is 0 Å². The van der Waals surface area contributed by atoms with E-state index in [0.29, 0.717) is 6.54 Å². The van der Waals surface area contributed by atoms with Crippen molar-refractivity contribution < 1.29 is 15.9 Å². The van der Waals surface area contributed by atoms with Crippen LogP contribution in [0.5, 0.6) is 0 Å². The van der Waals surface area contributed by atoms with E-state index in [9.17, 15) is 10.1 Å². The van der Waals surface area contributed by atoms with Crippen LogP contribution in [-0.2, 0) is 13.1 Å². The molecule has 10 N–H and O–H groups in total. The smallest absolute Gasteiger partial charge is 0.274 e.